The first kappa shape index (κ1) is 24.9. The Morgan fingerprint density at radius 1 is 0.806 bits per heavy atom. The van der Waals surface area contributed by atoms with Crippen LogP contribution in [-0.4, -0.2) is 13.1 Å². The molecule has 0 unspecified atom stereocenters. The zero-order valence-corrected chi connectivity index (χ0v) is 24.7. The van der Waals surface area contributed by atoms with Crippen LogP contribution < -0.4 is 5.19 Å². The molecule has 0 aliphatic carbocycles. The number of fused-ring (bicyclic) bond motifs is 2. The molecule has 184 valence electrons. The van der Waals surface area contributed by atoms with Crippen molar-refractivity contribution in [3.63, 3.8) is 0 Å². The van der Waals surface area contributed by atoms with Gasteiger partial charge in [0.2, 0.25) is 0 Å². The van der Waals surface area contributed by atoms with Crippen molar-refractivity contribution >= 4 is 45.5 Å². The third-order valence-corrected chi connectivity index (χ3v) is 10.5. The monoisotopic (exact) mass is 507 g/mol. The molecule has 3 heteroatoms. The van der Waals surface area contributed by atoms with Gasteiger partial charge in [-0.3, -0.25) is 4.98 Å². The first-order valence-electron chi connectivity index (χ1n) is 13.0. The molecule has 0 radical (unpaired) electrons. The molecule has 0 N–H and O–H groups in total. The molecular weight excluding hydrogens is 471 g/mol. The van der Waals surface area contributed by atoms with Gasteiger partial charge in [-0.05, 0) is 57.0 Å². The largest absolute Gasteiger partial charge is 0.255 e. The summed E-state index contributed by atoms with van der Waals surface area (Å²) in [6.07, 6.45) is 2.00. The standard InChI is InChI=1S/C33H37NSSi/c1-21(2)29-27-17-18-34-30(24-19-23-11-9-10-12-26(23)28(20-24)33(3,4)5)32(27)35-31(29)22-13-15-25(16-14-22)36(6,7)8/h9-21H,1-8H3. The molecule has 0 amide bonds. The normalized spacial score (nSPS) is 12.7. The fraction of sp³-hybridized carbons (Fsp3) is 0.303. The van der Waals surface area contributed by atoms with E-state index in [-0.39, 0.29) is 5.41 Å². The minimum atomic E-state index is -1.33. The van der Waals surface area contributed by atoms with Crippen molar-refractivity contribution in [3.8, 4) is 21.7 Å². The van der Waals surface area contributed by atoms with Gasteiger partial charge in [-0.15, -0.1) is 11.3 Å². The number of thiophene rings is 1. The van der Waals surface area contributed by atoms with Crippen molar-refractivity contribution in [1.82, 2.24) is 4.98 Å². The van der Waals surface area contributed by atoms with E-state index >= 15 is 0 Å². The van der Waals surface area contributed by atoms with E-state index in [9.17, 15) is 0 Å². The van der Waals surface area contributed by atoms with Crippen molar-refractivity contribution in [3.05, 3.63) is 84.1 Å². The second-order valence-corrected chi connectivity index (χ2v) is 18.5. The quantitative estimate of drug-likeness (QED) is 0.221. The Bertz CT molecular complexity index is 1560. The number of benzene rings is 3. The van der Waals surface area contributed by atoms with Gasteiger partial charge in [0.05, 0.1) is 18.5 Å². The molecule has 3 aromatic carbocycles. The van der Waals surface area contributed by atoms with E-state index < -0.39 is 8.07 Å². The molecule has 2 aromatic heterocycles. The number of pyridine rings is 1. The summed E-state index contributed by atoms with van der Waals surface area (Å²) in [5.74, 6) is 0.433. The van der Waals surface area contributed by atoms with E-state index in [1.807, 2.05) is 17.5 Å². The summed E-state index contributed by atoms with van der Waals surface area (Å²) in [5.41, 5.74) is 6.49. The number of hydrogen-bond donors (Lipinski definition) is 0. The molecule has 1 nitrogen and oxygen atoms in total. The Kier molecular flexibility index (Phi) is 6.21. The third kappa shape index (κ3) is 4.44. The number of hydrogen-bond acceptors (Lipinski definition) is 2. The lowest BCUT2D eigenvalue weighted by molar-refractivity contribution is 0.596. The maximum absolute atomic E-state index is 4.98. The summed E-state index contributed by atoms with van der Waals surface area (Å²) in [7, 11) is -1.33. The average Bonchev–Trinajstić information content (AvgIpc) is 3.22. The Morgan fingerprint density at radius 2 is 1.50 bits per heavy atom. The second kappa shape index (κ2) is 8.97. The summed E-state index contributed by atoms with van der Waals surface area (Å²) in [5, 5.41) is 5.46. The summed E-state index contributed by atoms with van der Waals surface area (Å²) >= 11 is 1.91. The maximum Gasteiger partial charge on any atom is 0.0880 e. The van der Waals surface area contributed by atoms with Crippen LogP contribution in [0.15, 0.2) is 72.9 Å². The van der Waals surface area contributed by atoms with Crippen molar-refractivity contribution in [2.24, 2.45) is 0 Å². The van der Waals surface area contributed by atoms with Crippen molar-refractivity contribution < 1.29 is 0 Å². The fourth-order valence-corrected chi connectivity index (χ4v) is 7.86. The van der Waals surface area contributed by atoms with Crippen LogP contribution in [0.4, 0.5) is 0 Å². The molecule has 0 saturated carbocycles. The summed E-state index contributed by atoms with van der Waals surface area (Å²) < 4.78 is 1.29. The van der Waals surface area contributed by atoms with E-state index in [1.54, 1.807) is 0 Å². The van der Waals surface area contributed by atoms with Crippen molar-refractivity contribution in [1.29, 1.82) is 0 Å². The van der Waals surface area contributed by atoms with Crippen LogP contribution in [0.3, 0.4) is 0 Å². The molecule has 0 fully saturated rings. The van der Waals surface area contributed by atoms with Gasteiger partial charge < -0.3 is 0 Å². The molecule has 0 aliphatic heterocycles. The van der Waals surface area contributed by atoms with Crippen molar-refractivity contribution in [2.45, 2.75) is 65.6 Å². The first-order valence-corrected chi connectivity index (χ1v) is 17.3. The Labute approximate surface area is 221 Å². The highest BCUT2D eigenvalue weighted by Gasteiger charge is 2.23. The van der Waals surface area contributed by atoms with Gasteiger partial charge in [0.15, 0.2) is 0 Å². The van der Waals surface area contributed by atoms with Gasteiger partial charge in [0, 0.05) is 22.0 Å². The lowest BCUT2D eigenvalue weighted by Crippen LogP contribution is -2.37. The number of nitrogens with zero attached hydrogens (tertiary/aromatic N) is 1. The number of rotatable bonds is 4. The highest BCUT2D eigenvalue weighted by molar-refractivity contribution is 7.23. The van der Waals surface area contributed by atoms with E-state index in [2.05, 4.69) is 121 Å². The molecule has 0 aliphatic rings. The van der Waals surface area contributed by atoms with E-state index in [0.717, 1.165) is 5.69 Å². The molecule has 5 aromatic rings. The Hall–Kier alpha value is -2.75. The SMILES string of the molecule is CC(C)c1c(-c2ccc([Si](C)(C)C)cc2)sc2c(-c3cc(C(C)(C)C)c4ccccc4c3)nccc12. The van der Waals surface area contributed by atoms with Crippen molar-refractivity contribution in [2.75, 3.05) is 0 Å². The van der Waals surface area contributed by atoms with Crippen LogP contribution in [0.5, 0.6) is 0 Å². The first-order chi connectivity index (χ1) is 16.9. The minimum Gasteiger partial charge on any atom is -0.255 e. The molecular formula is C33H37NSSi. The summed E-state index contributed by atoms with van der Waals surface area (Å²) in [4.78, 5) is 6.36. The molecule has 0 spiro atoms. The molecule has 0 atom stereocenters. The predicted octanol–water partition coefficient (Wildman–Crippen LogP) is 9.75. The Balaban J connectivity index is 1.75. The number of aromatic nitrogens is 1. The van der Waals surface area contributed by atoms with E-state index in [4.69, 9.17) is 4.98 Å². The summed E-state index contributed by atoms with van der Waals surface area (Å²) in [6.45, 7) is 18.8. The van der Waals surface area contributed by atoms with Gasteiger partial charge in [0.1, 0.15) is 0 Å². The smallest absolute Gasteiger partial charge is 0.0880 e. The van der Waals surface area contributed by atoms with Gasteiger partial charge in [-0.1, -0.05) is 108 Å². The highest BCUT2D eigenvalue weighted by Crippen LogP contribution is 2.46. The van der Waals surface area contributed by atoms with E-state index in [0.29, 0.717) is 5.92 Å². The fourth-order valence-electron chi connectivity index (χ4n) is 5.23. The lowest BCUT2D eigenvalue weighted by Gasteiger charge is -2.22. The van der Waals surface area contributed by atoms with Gasteiger partial charge in [-0.2, -0.15) is 0 Å². The zero-order chi connectivity index (χ0) is 25.8. The van der Waals surface area contributed by atoms with Gasteiger partial charge in [0.25, 0.3) is 0 Å². The second-order valence-electron chi connectivity index (χ2n) is 12.4. The lowest BCUT2D eigenvalue weighted by atomic mass is 9.82. The van der Waals surface area contributed by atoms with Crippen LogP contribution in [0.25, 0.3) is 42.6 Å². The molecule has 2 heterocycles. The average molecular weight is 508 g/mol. The molecule has 0 saturated heterocycles. The highest BCUT2D eigenvalue weighted by atomic mass is 32.1. The van der Waals surface area contributed by atoms with Gasteiger partial charge >= 0.3 is 0 Å². The molecule has 0 bridgehead atoms. The zero-order valence-electron chi connectivity index (χ0n) is 22.9. The third-order valence-electron chi connectivity index (χ3n) is 7.18. The Morgan fingerprint density at radius 3 is 2.14 bits per heavy atom. The van der Waals surface area contributed by atoms with Crippen LogP contribution in [0.2, 0.25) is 19.6 Å². The van der Waals surface area contributed by atoms with Crippen LogP contribution in [-0.2, 0) is 5.41 Å². The van der Waals surface area contributed by atoms with E-state index in [1.165, 1.54) is 53.2 Å². The maximum atomic E-state index is 4.98. The topological polar surface area (TPSA) is 12.9 Å². The molecule has 36 heavy (non-hydrogen) atoms. The minimum absolute atomic E-state index is 0.0470. The van der Waals surface area contributed by atoms with Crippen LogP contribution in [0, 0.1) is 0 Å². The molecule has 5 rings (SSSR count). The predicted molar refractivity (Wildman–Crippen MR) is 164 cm³/mol. The van der Waals surface area contributed by atoms with Crippen LogP contribution >= 0.6 is 11.3 Å². The summed E-state index contributed by atoms with van der Waals surface area (Å²) in [6, 6.07) is 25.1. The van der Waals surface area contributed by atoms with Crippen LogP contribution in [0.1, 0.15) is 51.7 Å². The van der Waals surface area contributed by atoms with Gasteiger partial charge in [-0.25, -0.2) is 0 Å².